The Morgan fingerprint density at radius 3 is 2.96 bits per heavy atom. The Balaban J connectivity index is 1.87. The fourth-order valence-corrected chi connectivity index (χ4v) is 3.59. The number of anilines is 1. The van der Waals surface area contributed by atoms with Crippen molar-refractivity contribution in [3.63, 3.8) is 0 Å². The normalized spacial score (nSPS) is 23.4. The van der Waals surface area contributed by atoms with Gasteiger partial charge in [0.2, 0.25) is 5.91 Å². The standard InChI is InChI=1S/C15H19BrN4O3/c1-19-7-6-11(10-3-4-12(16)18-14(10)19)20(15(22)23)8-9-2-5-13(21)17-9/h3-4,9,11H,2,5-8H2,1H3,(H,17,21)(H,22,23). The van der Waals surface area contributed by atoms with E-state index in [2.05, 4.69) is 26.2 Å². The van der Waals surface area contributed by atoms with Crippen LogP contribution in [0.4, 0.5) is 10.6 Å². The van der Waals surface area contributed by atoms with E-state index in [9.17, 15) is 14.7 Å². The summed E-state index contributed by atoms with van der Waals surface area (Å²) in [5.74, 6) is 0.798. The molecule has 2 N–H and O–H groups in total. The largest absolute Gasteiger partial charge is 0.465 e. The molecule has 1 fully saturated rings. The summed E-state index contributed by atoms with van der Waals surface area (Å²) in [4.78, 5) is 31.1. The highest BCUT2D eigenvalue weighted by molar-refractivity contribution is 9.10. The van der Waals surface area contributed by atoms with Gasteiger partial charge in [-0.2, -0.15) is 0 Å². The second-order valence-electron chi connectivity index (χ2n) is 6.01. The molecule has 0 spiro atoms. The molecule has 1 saturated heterocycles. The number of carbonyl (C=O) groups is 2. The molecular formula is C15H19BrN4O3. The highest BCUT2D eigenvalue weighted by Gasteiger charge is 2.34. The SMILES string of the molecule is CN1CCC(N(CC2CCC(=O)N2)C(=O)O)c2ccc(Br)nc21. The zero-order valence-corrected chi connectivity index (χ0v) is 14.4. The van der Waals surface area contributed by atoms with Crippen molar-refractivity contribution in [3.8, 4) is 0 Å². The first-order valence-electron chi connectivity index (χ1n) is 7.62. The van der Waals surface area contributed by atoms with Crippen molar-refractivity contribution in [2.75, 3.05) is 25.0 Å². The van der Waals surface area contributed by atoms with Crippen molar-refractivity contribution in [1.29, 1.82) is 0 Å². The molecule has 0 bridgehead atoms. The number of pyridine rings is 1. The maximum Gasteiger partial charge on any atom is 0.407 e. The van der Waals surface area contributed by atoms with Crippen molar-refractivity contribution in [3.05, 3.63) is 22.3 Å². The van der Waals surface area contributed by atoms with Crippen LogP contribution in [-0.2, 0) is 4.79 Å². The predicted octanol–water partition coefficient (Wildman–Crippen LogP) is 1.98. The van der Waals surface area contributed by atoms with Crippen LogP contribution in [0.3, 0.4) is 0 Å². The van der Waals surface area contributed by atoms with Crippen molar-refractivity contribution in [2.24, 2.45) is 0 Å². The Morgan fingerprint density at radius 2 is 2.30 bits per heavy atom. The zero-order valence-electron chi connectivity index (χ0n) is 12.8. The highest BCUT2D eigenvalue weighted by atomic mass is 79.9. The van der Waals surface area contributed by atoms with Crippen LogP contribution in [0.25, 0.3) is 0 Å². The van der Waals surface area contributed by atoms with Crippen LogP contribution in [-0.4, -0.2) is 53.2 Å². The summed E-state index contributed by atoms with van der Waals surface area (Å²) >= 11 is 3.37. The Bertz CT molecular complexity index is 639. The van der Waals surface area contributed by atoms with E-state index in [4.69, 9.17) is 0 Å². The highest BCUT2D eigenvalue weighted by Crippen LogP contribution is 2.36. The fraction of sp³-hybridized carbons (Fsp3) is 0.533. The number of nitrogens with one attached hydrogen (secondary N) is 1. The maximum absolute atomic E-state index is 11.8. The Hall–Kier alpha value is -1.83. The molecule has 7 nitrogen and oxygen atoms in total. The molecule has 2 amide bonds. The minimum atomic E-state index is -0.963. The van der Waals surface area contributed by atoms with Gasteiger partial charge in [0.15, 0.2) is 0 Å². The van der Waals surface area contributed by atoms with Crippen molar-refractivity contribution in [2.45, 2.75) is 31.3 Å². The van der Waals surface area contributed by atoms with E-state index < -0.39 is 6.09 Å². The average Bonchev–Trinajstić information content (AvgIpc) is 2.91. The number of rotatable bonds is 3. The number of carboxylic acid groups (broad SMARTS) is 1. The van der Waals surface area contributed by atoms with Crippen molar-refractivity contribution < 1.29 is 14.7 Å². The molecule has 1 aromatic heterocycles. The third kappa shape index (κ3) is 3.26. The number of halogens is 1. The average molecular weight is 383 g/mol. The summed E-state index contributed by atoms with van der Waals surface area (Å²) < 4.78 is 0.730. The quantitative estimate of drug-likeness (QED) is 0.780. The van der Waals surface area contributed by atoms with Gasteiger partial charge in [-0.3, -0.25) is 9.69 Å². The van der Waals surface area contributed by atoms with E-state index in [0.717, 1.165) is 22.5 Å². The number of aromatic nitrogens is 1. The molecule has 23 heavy (non-hydrogen) atoms. The number of amides is 2. The van der Waals surface area contributed by atoms with Gasteiger partial charge >= 0.3 is 6.09 Å². The van der Waals surface area contributed by atoms with E-state index in [1.165, 1.54) is 4.90 Å². The van der Waals surface area contributed by atoms with E-state index in [-0.39, 0.29) is 18.0 Å². The van der Waals surface area contributed by atoms with Crippen LogP contribution in [0.1, 0.15) is 30.9 Å². The molecule has 3 heterocycles. The summed E-state index contributed by atoms with van der Waals surface area (Å²) in [6.07, 6.45) is 0.895. The van der Waals surface area contributed by atoms with Gasteiger partial charge in [-0.05, 0) is 34.8 Å². The molecule has 2 atom stereocenters. The smallest absolute Gasteiger partial charge is 0.407 e. The van der Waals surface area contributed by atoms with Gasteiger partial charge in [-0.15, -0.1) is 0 Å². The molecule has 2 aliphatic rings. The Kier molecular flexibility index (Phi) is 4.43. The number of hydrogen-bond acceptors (Lipinski definition) is 4. The minimum absolute atomic E-state index is 0.00489. The van der Waals surface area contributed by atoms with E-state index >= 15 is 0 Å². The van der Waals surface area contributed by atoms with E-state index in [1.54, 1.807) is 0 Å². The summed E-state index contributed by atoms with van der Waals surface area (Å²) in [7, 11) is 1.96. The summed E-state index contributed by atoms with van der Waals surface area (Å²) in [6, 6.07) is 3.42. The van der Waals surface area contributed by atoms with Gasteiger partial charge < -0.3 is 15.3 Å². The molecule has 2 unspecified atom stereocenters. The molecule has 0 aliphatic carbocycles. The van der Waals surface area contributed by atoms with Gasteiger partial charge in [0.25, 0.3) is 0 Å². The monoisotopic (exact) mass is 382 g/mol. The van der Waals surface area contributed by atoms with Crippen LogP contribution in [0.15, 0.2) is 16.7 Å². The number of nitrogens with zero attached hydrogens (tertiary/aromatic N) is 3. The van der Waals surface area contributed by atoms with Crippen LogP contribution >= 0.6 is 15.9 Å². The molecule has 3 rings (SSSR count). The van der Waals surface area contributed by atoms with Crippen LogP contribution in [0.2, 0.25) is 0 Å². The van der Waals surface area contributed by atoms with Crippen molar-refractivity contribution >= 4 is 33.7 Å². The molecule has 0 radical (unpaired) electrons. The lowest BCUT2D eigenvalue weighted by Gasteiger charge is -2.38. The van der Waals surface area contributed by atoms with Gasteiger partial charge in [0.05, 0.1) is 6.04 Å². The van der Waals surface area contributed by atoms with Crippen LogP contribution in [0.5, 0.6) is 0 Å². The number of fused-ring (bicyclic) bond motifs is 1. The van der Waals surface area contributed by atoms with E-state index in [0.29, 0.717) is 25.8 Å². The second kappa shape index (κ2) is 6.35. The Labute approximate surface area is 142 Å². The third-order valence-corrected chi connectivity index (χ3v) is 4.90. The third-order valence-electron chi connectivity index (χ3n) is 4.45. The first-order valence-corrected chi connectivity index (χ1v) is 8.41. The van der Waals surface area contributed by atoms with Gasteiger partial charge in [-0.25, -0.2) is 9.78 Å². The molecule has 124 valence electrons. The van der Waals surface area contributed by atoms with E-state index in [1.807, 2.05) is 24.1 Å². The summed E-state index contributed by atoms with van der Waals surface area (Å²) in [5.41, 5.74) is 0.911. The molecular weight excluding hydrogens is 364 g/mol. The van der Waals surface area contributed by atoms with Crippen molar-refractivity contribution in [1.82, 2.24) is 15.2 Å². The van der Waals surface area contributed by atoms with Gasteiger partial charge in [-0.1, -0.05) is 6.07 Å². The summed E-state index contributed by atoms with van der Waals surface area (Å²) in [6.45, 7) is 1.05. The lowest BCUT2D eigenvalue weighted by Crippen LogP contribution is -2.45. The second-order valence-corrected chi connectivity index (χ2v) is 6.82. The first kappa shape index (κ1) is 16.0. The lowest BCUT2D eigenvalue weighted by atomic mass is 9.98. The molecule has 0 aromatic carbocycles. The Morgan fingerprint density at radius 1 is 1.52 bits per heavy atom. The van der Waals surface area contributed by atoms with Crippen LogP contribution < -0.4 is 10.2 Å². The zero-order chi connectivity index (χ0) is 16.6. The minimum Gasteiger partial charge on any atom is -0.465 e. The predicted molar refractivity (Wildman–Crippen MR) is 88.5 cm³/mol. The fourth-order valence-electron chi connectivity index (χ4n) is 3.29. The van der Waals surface area contributed by atoms with Crippen LogP contribution in [0, 0.1) is 0 Å². The first-order chi connectivity index (χ1) is 11.0. The van der Waals surface area contributed by atoms with Gasteiger partial charge in [0, 0.05) is 38.2 Å². The number of carbonyl (C=O) groups excluding carboxylic acids is 1. The van der Waals surface area contributed by atoms with Gasteiger partial charge in [0.1, 0.15) is 10.4 Å². The molecule has 8 heteroatoms. The molecule has 2 aliphatic heterocycles. The number of hydrogen-bond donors (Lipinski definition) is 2. The lowest BCUT2D eigenvalue weighted by molar-refractivity contribution is -0.119. The molecule has 0 saturated carbocycles. The molecule has 1 aromatic rings. The maximum atomic E-state index is 11.8. The topological polar surface area (TPSA) is 85.8 Å². The summed E-state index contributed by atoms with van der Waals surface area (Å²) in [5, 5.41) is 12.5.